The Morgan fingerprint density at radius 3 is 2.96 bits per heavy atom. The van der Waals surface area contributed by atoms with Crippen LogP contribution in [0.4, 0.5) is 18.3 Å². The van der Waals surface area contributed by atoms with E-state index < -0.39 is 11.7 Å². The number of halogens is 3. The largest absolute Gasteiger partial charge is 0.416 e. The second-order valence-corrected chi connectivity index (χ2v) is 7.60. The maximum atomic E-state index is 12.8. The summed E-state index contributed by atoms with van der Waals surface area (Å²) in [4.78, 5) is 16.3. The van der Waals surface area contributed by atoms with Crippen molar-refractivity contribution in [1.82, 2.24) is 10.3 Å². The van der Waals surface area contributed by atoms with Crippen molar-refractivity contribution in [3.05, 3.63) is 35.2 Å². The molecule has 2 N–H and O–H groups in total. The van der Waals surface area contributed by atoms with E-state index in [1.54, 1.807) is 11.4 Å². The Kier molecular flexibility index (Phi) is 5.65. The summed E-state index contributed by atoms with van der Waals surface area (Å²) < 4.78 is 38.4. The molecule has 0 radical (unpaired) electrons. The van der Waals surface area contributed by atoms with Gasteiger partial charge in [0.25, 0.3) is 0 Å². The highest BCUT2D eigenvalue weighted by Gasteiger charge is 2.30. The van der Waals surface area contributed by atoms with Gasteiger partial charge in [-0.1, -0.05) is 12.1 Å². The number of nitrogens with zero attached hydrogens (tertiary/aromatic N) is 1. The van der Waals surface area contributed by atoms with E-state index in [-0.39, 0.29) is 11.9 Å². The summed E-state index contributed by atoms with van der Waals surface area (Å²) in [6.07, 6.45) is -4.04. The first-order chi connectivity index (χ1) is 11.9. The van der Waals surface area contributed by atoms with Gasteiger partial charge in [0.1, 0.15) is 0 Å². The number of anilines is 1. The molecule has 3 rings (SSSR count). The maximum Gasteiger partial charge on any atom is 0.416 e. The monoisotopic (exact) mass is 387 g/mol. The molecule has 9 heteroatoms. The van der Waals surface area contributed by atoms with Crippen molar-refractivity contribution >= 4 is 34.1 Å². The predicted molar refractivity (Wildman–Crippen MR) is 94.9 cm³/mol. The number of amides is 1. The number of rotatable bonds is 4. The number of thiazole rings is 1. The minimum absolute atomic E-state index is 0.140. The number of benzene rings is 1. The van der Waals surface area contributed by atoms with Crippen LogP contribution in [0.1, 0.15) is 12.0 Å². The number of thioether (sulfide) groups is 1. The van der Waals surface area contributed by atoms with Crippen molar-refractivity contribution in [2.75, 3.05) is 23.4 Å². The van der Waals surface area contributed by atoms with Gasteiger partial charge < -0.3 is 10.6 Å². The third-order valence-electron chi connectivity index (χ3n) is 3.67. The molecule has 1 atom stereocenters. The van der Waals surface area contributed by atoms with Crippen molar-refractivity contribution in [3.63, 3.8) is 0 Å². The fourth-order valence-corrected chi connectivity index (χ4v) is 4.15. The number of alkyl halides is 3. The summed E-state index contributed by atoms with van der Waals surface area (Å²) in [5, 5.41) is 8.03. The normalized spacial score (nSPS) is 18.1. The van der Waals surface area contributed by atoms with Gasteiger partial charge in [0.15, 0.2) is 5.13 Å². The second kappa shape index (κ2) is 7.76. The Balaban J connectivity index is 1.65. The molecule has 0 aliphatic carbocycles. The van der Waals surface area contributed by atoms with E-state index in [2.05, 4.69) is 15.6 Å². The summed E-state index contributed by atoms with van der Waals surface area (Å²) in [7, 11) is 0. The molecule has 134 valence electrons. The molecule has 25 heavy (non-hydrogen) atoms. The van der Waals surface area contributed by atoms with E-state index in [0.717, 1.165) is 30.2 Å². The van der Waals surface area contributed by atoms with Gasteiger partial charge in [-0.25, -0.2) is 4.98 Å². The summed E-state index contributed by atoms with van der Waals surface area (Å²) >= 11 is 3.01. The quantitative estimate of drug-likeness (QED) is 0.837. The van der Waals surface area contributed by atoms with Gasteiger partial charge in [-0.3, -0.25) is 4.79 Å². The lowest BCUT2D eigenvalue weighted by molar-refractivity contribution is -0.137. The zero-order valence-corrected chi connectivity index (χ0v) is 14.7. The van der Waals surface area contributed by atoms with E-state index >= 15 is 0 Å². The van der Waals surface area contributed by atoms with Crippen LogP contribution < -0.4 is 10.6 Å². The molecule has 1 saturated heterocycles. The van der Waals surface area contributed by atoms with Crippen molar-refractivity contribution in [3.8, 4) is 11.3 Å². The molecule has 1 aromatic heterocycles. The topological polar surface area (TPSA) is 54.0 Å². The Hall–Kier alpha value is -1.58. The first-order valence-electron chi connectivity index (χ1n) is 7.66. The molecule has 4 nitrogen and oxygen atoms in total. The molecule has 0 bridgehead atoms. The Bertz CT molecular complexity index is 742. The van der Waals surface area contributed by atoms with Gasteiger partial charge in [-0.15, -0.1) is 11.3 Å². The second-order valence-electron chi connectivity index (χ2n) is 5.59. The lowest BCUT2D eigenvalue weighted by Crippen LogP contribution is -2.39. The first kappa shape index (κ1) is 18.2. The van der Waals surface area contributed by atoms with Crippen LogP contribution in [-0.2, 0) is 11.0 Å². The zero-order valence-electron chi connectivity index (χ0n) is 13.1. The van der Waals surface area contributed by atoms with Gasteiger partial charge in [0, 0.05) is 41.5 Å². The SMILES string of the molecule is O=C(CC1CSCCN1)Nc1nc(-c2cccc(C(F)(F)F)c2)cs1. The molecule has 1 aromatic carbocycles. The molecular weight excluding hydrogens is 371 g/mol. The van der Waals surface area contributed by atoms with E-state index in [9.17, 15) is 18.0 Å². The van der Waals surface area contributed by atoms with Crippen LogP contribution in [0.15, 0.2) is 29.6 Å². The molecule has 2 heterocycles. The number of hydrogen-bond acceptors (Lipinski definition) is 5. The standard InChI is InChI=1S/C16H16F3N3OS2/c17-16(18,19)11-3-1-2-10(6-11)13-9-25-15(21-13)22-14(23)7-12-8-24-5-4-20-12/h1-3,6,9,12,20H,4-5,7-8H2,(H,21,22,23). The van der Waals surface area contributed by atoms with Crippen LogP contribution in [0.25, 0.3) is 11.3 Å². The molecule has 1 unspecified atom stereocenters. The summed E-state index contributed by atoms with van der Waals surface area (Å²) in [6.45, 7) is 0.888. The van der Waals surface area contributed by atoms with Crippen molar-refractivity contribution in [1.29, 1.82) is 0 Å². The predicted octanol–water partition coefficient (Wildman–Crippen LogP) is 3.86. The molecule has 1 aliphatic rings. The van der Waals surface area contributed by atoms with Crippen LogP contribution in [0.3, 0.4) is 0 Å². The van der Waals surface area contributed by atoms with Crippen LogP contribution in [0.2, 0.25) is 0 Å². The maximum absolute atomic E-state index is 12.8. The van der Waals surface area contributed by atoms with Crippen LogP contribution in [-0.4, -0.2) is 35.0 Å². The lowest BCUT2D eigenvalue weighted by atomic mass is 10.1. The van der Waals surface area contributed by atoms with Gasteiger partial charge >= 0.3 is 6.18 Å². The van der Waals surface area contributed by atoms with Gasteiger partial charge in [-0.05, 0) is 12.1 Å². The molecule has 1 amide bonds. The van der Waals surface area contributed by atoms with Crippen LogP contribution >= 0.6 is 23.1 Å². The highest BCUT2D eigenvalue weighted by atomic mass is 32.2. The fourth-order valence-electron chi connectivity index (χ4n) is 2.46. The van der Waals surface area contributed by atoms with E-state index in [1.807, 2.05) is 11.8 Å². The third kappa shape index (κ3) is 4.96. The lowest BCUT2D eigenvalue weighted by Gasteiger charge is -2.22. The van der Waals surface area contributed by atoms with Gasteiger partial charge in [-0.2, -0.15) is 24.9 Å². The number of hydrogen-bond donors (Lipinski definition) is 2. The smallest absolute Gasteiger partial charge is 0.312 e. The van der Waals surface area contributed by atoms with Crippen LogP contribution in [0, 0.1) is 0 Å². The van der Waals surface area contributed by atoms with E-state index in [0.29, 0.717) is 22.8 Å². The Morgan fingerprint density at radius 2 is 2.24 bits per heavy atom. The first-order valence-corrected chi connectivity index (χ1v) is 9.69. The summed E-state index contributed by atoms with van der Waals surface area (Å²) in [5.74, 6) is 1.79. The average molecular weight is 387 g/mol. The molecule has 0 spiro atoms. The van der Waals surface area contributed by atoms with Crippen LogP contribution in [0.5, 0.6) is 0 Å². The molecule has 1 fully saturated rings. The number of aromatic nitrogens is 1. The minimum atomic E-state index is -4.39. The highest BCUT2D eigenvalue weighted by molar-refractivity contribution is 7.99. The fraction of sp³-hybridized carbons (Fsp3) is 0.375. The Labute approximate surface area is 151 Å². The average Bonchev–Trinajstić information content (AvgIpc) is 3.03. The summed E-state index contributed by atoms with van der Waals surface area (Å²) in [6, 6.07) is 5.14. The Morgan fingerprint density at radius 1 is 1.40 bits per heavy atom. The van der Waals surface area contributed by atoms with Gasteiger partial charge in [0.05, 0.1) is 11.3 Å². The molecule has 0 saturated carbocycles. The third-order valence-corrected chi connectivity index (χ3v) is 5.56. The molecular formula is C16H16F3N3OS2. The molecule has 1 aliphatic heterocycles. The van der Waals surface area contributed by atoms with Crippen molar-refractivity contribution in [2.45, 2.75) is 18.6 Å². The van der Waals surface area contributed by atoms with E-state index in [4.69, 9.17) is 0 Å². The van der Waals surface area contributed by atoms with Gasteiger partial charge in [0.2, 0.25) is 5.91 Å². The number of carbonyl (C=O) groups is 1. The zero-order chi connectivity index (χ0) is 17.9. The molecule has 2 aromatic rings. The van der Waals surface area contributed by atoms with Crippen molar-refractivity contribution < 1.29 is 18.0 Å². The minimum Gasteiger partial charge on any atom is -0.312 e. The number of nitrogens with one attached hydrogen (secondary N) is 2. The van der Waals surface area contributed by atoms with E-state index in [1.165, 1.54) is 17.4 Å². The number of carbonyl (C=O) groups excluding carboxylic acids is 1. The highest BCUT2D eigenvalue weighted by Crippen LogP contribution is 2.33. The van der Waals surface area contributed by atoms with Crippen molar-refractivity contribution in [2.24, 2.45) is 0 Å². The summed E-state index contributed by atoms with van der Waals surface area (Å²) in [5.41, 5.74) is 0.0686.